The second-order valence-electron chi connectivity index (χ2n) is 8.49. The maximum absolute atomic E-state index is 13.4. The number of benzene rings is 1. The molecule has 0 amide bonds. The lowest BCUT2D eigenvalue weighted by atomic mass is 9.59. The van der Waals surface area contributed by atoms with Crippen LogP contribution in [0.25, 0.3) is 0 Å². The summed E-state index contributed by atoms with van der Waals surface area (Å²) in [5.41, 5.74) is 0.672. The molecular formula is C21H22F3N3O. The van der Waals surface area contributed by atoms with Crippen LogP contribution in [0.2, 0.25) is 0 Å². The molecule has 0 radical (unpaired) electrons. The van der Waals surface area contributed by atoms with E-state index in [1.807, 2.05) is 20.8 Å². The topological polar surface area (TPSA) is 53.8 Å². The van der Waals surface area contributed by atoms with Gasteiger partial charge in [-0.3, -0.25) is 4.79 Å². The van der Waals surface area contributed by atoms with Crippen molar-refractivity contribution in [3.05, 3.63) is 58.4 Å². The second kappa shape index (κ2) is 6.03. The Bertz CT molecular complexity index is 942. The van der Waals surface area contributed by atoms with Gasteiger partial charge in [0, 0.05) is 23.3 Å². The van der Waals surface area contributed by atoms with Crippen LogP contribution in [-0.4, -0.2) is 11.9 Å². The molecule has 0 bridgehead atoms. The lowest BCUT2D eigenvalue weighted by Gasteiger charge is -2.47. The van der Waals surface area contributed by atoms with Crippen molar-refractivity contribution in [1.29, 1.82) is 0 Å². The lowest BCUT2D eigenvalue weighted by Crippen LogP contribution is -2.51. The number of rotatable bonds is 2. The SMILES string of the molecule is CCC1(c2cccc(C(F)(F)F)c2)C2=CN=NC2NC2=C1C(=O)CC(C)(C)C2. The summed E-state index contributed by atoms with van der Waals surface area (Å²) in [5, 5.41) is 11.6. The molecule has 1 aliphatic carbocycles. The van der Waals surface area contributed by atoms with Crippen LogP contribution < -0.4 is 5.32 Å². The van der Waals surface area contributed by atoms with Crippen LogP contribution in [0.15, 0.2) is 57.5 Å². The van der Waals surface area contributed by atoms with E-state index < -0.39 is 23.3 Å². The van der Waals surface area contributed by atoms with Crippen LogP contribution in [0.1, 0.15) is 51.2 Å². The Morgan fingerprint density at radius 1 is 1.25 bits per heavy atom. The van der Waals surface area contributed by atoms with Gasteiger partial charge in [0.05, 0.1) is 17.2 Å². The minimum Gasteiger partial charge on any atom is -0.362 e. The molecule has 0 spiro atoms. The minimum atomic E-state index is -4.45. The van der Waals surface area contributed by atoms with Crippen molar-refractivity contribution < 1.29 is 18.0 Å². The molecule has 0 saturated heterocycles. The predicted octanol–water partition coefficient (Wildman–Crippen LogP) is 5.28. The highest BCUT2D eigenvalue weighted by atomic mass is 19.4. The first-order valence-electron chi connectivity index (χ1n) is 9.40. The summed E-state index contributed by atoms with van der Waals surface area (Å²) in [6, 6.07) is 5.32. The van der Waals surface area contributed by atoms with Gasteiger partial charge in [-0.25, -0.2) is 0 Å². The van der Waals surface area contributed by atoms with Gasteiger partial charge in [0.25, 0.3) is 0 Å². The number of hydrogen-bond acceptors (Lipinski definition) is 4. The molecule has 0 fully saturated rings. The van der Waals surface area contributed by atoms with Crippen LogP contribution in [0, 0.1) is 5.41 Å². The second-order valence-corrected chi connectivity index (χ2v) is 8.49. The van der Waals surface area contributed by atoms with E-state index >= 15 is 0 Å². The highest BCUT2D eigenvalue weighted by molar-refractivity contribution is 6.01. The number of carbonyl (C=O) groups is 1. The van der Waals surface area contributed by atoms with Crippen LogP contribution in [0.5, 0.6) is 0 Å². The molecule has 7 heteroatoms. The fourth-order valence-corrected chi connectivity index (χ4v) is 4.85. The zero-order chi connectivity index (χ0) is 20.3. The fraction of sp³-hybridized carbons (Fsp3) is 0.476. The third-order valence-corrected chi connectivity index (χ3v) is 5.99. The van der Waals surface area contributed by atoms with Gasteiger partial charge >= 0.3 is 6.18 Å². The number of fused-ring (bicyclic) bond motifs is 1. The molecule has 2 aliphatic heterocycles. The number of nitrogens with one attached hydrogen (secondary N) is 1. The first-order valence-corrected chi connectivity index (χ1v) is 9.40. The number of ketones is 1. The Morgan fingerprint density at radius 3 is 2.68 bits per heavy atom. The standard InChI is InChI=1S/C21H22F3N3O/c1-4-20(12-6-5-7-13(8-12)21(22,23)24)14-11-25-27-18(14)26-15-9-19(2,3)10-16(28)17(15)20/h5-8,11,18,26H,4,9-10H2,1-3H3. The van der Waals surface area contributed by atoms with E-state index in [0.29, 0.717) is 30.4 Å². The molecule has 2 heterocycles. The van der Waals surface area contributed by atoms with E-state index in [0.717, 1.165) is 17.3 Å². The van der Waals surface area contributed by atoms with Gasteiger partial charge in [0.2, 0.25) is 0 Å². The summed E-state index contributed by atoms with van der Waals surface area (Å²) in [5.74, 6) is -0.0238. The summed E-state index contributed by atoms with van der Waals surface area (Å²) in [7, 11) is 0. The molecule has 1 aromatic carbocycles. The van der Waals surface area contributed by atoms with Crippen LogP contribution >= 0.6 is 0 Å². The molecule has 1 N–H and O–H groups in total. The molecule has 0 aromatic heterocycles. The van der Waals surface area contributed by atoms with E-state index in [-0.39, 0.29) is 11.2 Å². The van der Waals surface area contributed by atoms with Gasteiger partial charge < -0.3 is 5.32 Å². The molecule has 0 saturated carbocycles. The number of Topliss-reactive ketones (excluding diaryl/α,β-unsaturated/α-hetero) is 1. The van der Waals surface area contributed by atoms with Crippen LogP contribution in [-0.2, 0) is 16.4 Å². The smallest absolute Gasteiger partial charge is 0.362 e. The van der Waals surface area contributed by atoms with Crippen molar-refractivity contribution in [3.63, 3.8) is 0 Å². The Labute approximate surface area is 161 Å². The van der Waals surface area contributed by atoms with Gasteiger partial charge in [-0.2, -0.15) is 23.4 Å². The third-order valence-electron chi connectivity index (χ3n) is 5.99. The molecule has 2 unspecified atom stereocenters. The molecule has 2 atom stereocenters. The Balaban J connectivity index is 1.99. The molecule has 4 rings (SSSR count). The summed E-state index contributed by atoms with van der Waals surface area (Å²) in [4.78, 5) is 13.3. The minimum absolute atomic E-state index is 0.0238. The van der Waals surface area contributed by atoms with E-state index in [2.05, 4.69) is 15.5 Å². The van der Waals surface area contributed by atoms with Crippen molar-refractivity contribution in [2.45, 2.75) is 57.8 Å². The normalized spacial score (nSPS) is 28.6. The van der Waals surface area contributed by atoms with E-state index in [9.17, 15) is 18.0 Å². The predicted molar refractivity (Wildman–Crippen MR) is 98.3 cm³/mol. The summed E-state index contributed by atoms with van der Waals surface area (Å²) < 4.78 is 40.2. The number of nitrogens with zero attached hydrogens (tertiary/aromatic N) is 2. The number of alkyl halides is 3. The Hall–Kier alpha value is -2.44. The zero-order valence-electron chi connectivity index (χ0n) is 16.0. The Kier molecular flexibility index (Phi) is 4.07. The highest BCUT2D eigenvalue weighted by Gasteiger charge is 2.53. The summed E-state index contributed by atoms with van der Waals surface area (Å²) in [6.45, 7) is 5.95. The number of carbonyl (C=O) groups excluding carboxylic acids is 1. The van der Waals surface area contributed by atoms with Gasteiger partial charge in [-0.15, -0.1) is 0 Å². The van der Waals surface area contributed by atoms with Crippen LogP contribution in [0.4, 0.5) is 13.2 Å². The average Bonchev–Trinajstić information content (AvgIpc) is 3.06. The quantitative estimate of drug-likeness (QED) is 0.749. The van der Waals surface area contributed by atoms with Gasteiger partial charge in [0.1, 0.15) is 0 Å². The summed E-state index contributed by atoms with van der Waals surface area (Å²) in [6.07, 6.45) is -1.84. The molecule has 3 aliphatic rings. The van der Waals surface area contributed by atoms with Gasteiger partial charge in [-0.1, -0.05) is 39.0 Å². The number of allylic oxidation sites excluding steroid dienone is 2. The van der Waals surface area contributed by atoms with Crippen molar-refractivity contribution >= 4 is 5.78 Å². The monoisotopic (exact) mass is 389 g/mol. The van der Waals surface area contributed by atoms with Crippen molar-refractivity contribution in [2.24, 2.45) is 15.6 Å². The molecule has 1 aromatic rings. The van der Waals surface area contributed by atoms with Crippen molar-refractivity contribution in [3.8, 4) is 0 Å². The van der Waals surface area contributed by atoms with Crippen LogP contribution in [0.3, 0.4) is 0 Å². The van der Waals surface area contributed by atoms with E-state index in [1.54, 1.807) is 12.3 Å². The van der Waals surface area contributed by atoms with E-state index in [4.69, 9.17) is 0 Å². The van der Waals surface area contributed by atoms with Gasteiger partial charge in [-0.05, 0) is 29.9 Å². The van der Waals surface area contributed by atoms with Crippen molar-refractivity contribution in [1.82, 2.24) is 5.32 Å². The largest absolute Gasteiger partial charge is 0.416 e. The molecular weight excluding hydrogens is 367 g/mol. The highest BCUT2D eigenvalue weighted by Crippen LogP contribution is 2.54. The zero-order valence-corrected chi connectivity index (χ0v) is 16.0. The number of azo groups is 1. The molecule has 4 nitrogen and oxygen atoms in total. The third kappa shape index (κ3) is 2.71. The number of halogens is 3. The maximum atomic E-state index is 13.4. The van der Waals surface area contributed by atoms with E-state index in [1.165, 1.54) is 12.1 Å². The average molecular weight is 389 g/mol. The fourth-order valence-electron chi connectivity index (χ4n) is 4.85. The number of hydrogen-bond donors (Lipinski definition) is 1. The first-order chi connectivity index (χ1) is 13.1. The lowest BCUT2D eigenvalue weighted by molar-refractivity contribution is -0.137. The molecule has 28 heavy (non-hydrogen) atoms. The van der Waals surface area contributed by atoms with Gasteiger partial charge in [0.15, 0.2) is 11.9 Å². The van der Waals surface area contributed by atoms with Crippen molar-refractivity contribution in [2.75, 3.05) is 0 Å². The maximum Gasteiger partial charge on any atom is 0.416 e. The Morgan fingerprint density at radius 2 is 2.00 bits per heavy atom. The molecule has 148 valence electrons. The summed E-state index contributed by atoms with van der Waals surface area (Å²) >= 11 is 0. The first kappa shape index (κ1) is 18.9.